The molecule has 0 unspecified atom stereocenters. The van der Waals surface area contributed by atoms with Crippen molar-refractivity contribution >= 4 is 22.5 Å². The fraction of sp³-hybridized carbons (Fsp3) is 0.294. The minimum Gasteiger partial charge on any atom is -0.466 e. The minimum absolute atomic E-state index is 0.111. The van der Waals surface area contributed by atoms with Gasteiger partial charge < -0.3 is 4.74 Å². The van der Waals surface area contributed by atoms with Crippen molar-refractivity contribution in [2.24, 2.45) is 0 Å². The Morgan fingerprint density at radius 1 is 1.10 bits per heavy atom. The van der Waals surface area contributed by atoms with Gasteiger partial charge in [-0.25, -0.2) is 0 Å². The molecule has 2 aromatic rings. The molecule has 0 fully saturated rings. The number of esters is 1. The van der Waals surface area contributed by atoms with E-state index in [1.807, 2.05) is 49.4 Å². The zero-order valence-corrected chi connectivity index (χ0v) is 11.8. The number of benzene rings is 2. The van der Waals surface area contributed by atoms with Crippen LogP contribution >= 0.6 is 0 Å². The predicted molar refractivity (Wildman–Crippen MR) is 78.6 cm³/mol. The number of ketones is 1. The van der Waals surface area contributed by atoms with Crippen molar-refractivity contribution in [1.82, 2.24) is 0 Å². The van der Waals surface area contributed by atoms with E-state index in [2.05, 4.69) is 0 Å². The Morgan fingerprint density at radius 3 is 2.55 bits per heavy atom. The second kappa shape index (κ2) is 6.33. The Hall–Kier alpha value is -2.16. The van der Waals surface area contributed by atoms with Crippen LogP contribution in [0.25, 0.3) is 10.8 Å². The molecule has 104 valence electrons. The minimum atomic E-state index is -0.454. The summed E-state index contributed by atoms with van der Waals surface area (Å²) in [5.41, 5.74) is 0.956. The Balaban J connectivity index is 2.25. The van der Waals surface area contributed by atoms with E-state index in [-0.39, 0.29) is 18.1 Å². The van der Waals surface area contributed by atoms with Gasteiger partial charge in [0.05, 0.1) is 6.61 Å². The van der Waals surface area contributed by atoms with Gasteiger partial charge in [0.1, 0.15) is 6.42 Å². The van der Waals surface area contributed by atoms with E-state index in [0.717, 1.165) is 16.3 Å². The molecule has 0 amide bonds. The van der Waals surface area contributed by atoms with E-state index in [1.54, 1.807) is 6.92 Å². The molecule has 0 saturated heterocycles. The molecule has 0 aromatic heterocycles. The van der Waals surface area contributed by atoms with Crippen LogP contribution in [0.4, 0.5) is 0 Å². The van der Waals surface area contributed by atoms with Crippen LogP contribution in [-0.4, -0.2) is 18.4 Å². The highest BCUT2D eigenvalue weighted by Crippen LogP contribution is 2.26. The summed E-state index contributed by atoms with van der Waals surface area (Å²) >= 11 is 0. The van der Waals surface area contributed by atoms with Crippen LogP contribution in [0.5, 0.6) is 0 Å². The standard InChI is InChI=1S/C17H18O3/c1-3-20-17(19)11-16(18)12(2)14-10-6-8-13-7-4-5-9-15(13)14/h4-10,12H,3,11H2,1-2H3/t12-/m0/s1. The summed E-state index contributed by atoms with van der Waals surface area (Å²) in [6.45, 7) is 3.87. The maximum atomic E-state index is 12.2. The molecular weight excluding hydrogens is 252 g/mol. The normalized spacial score (nSPS) is 12.1. The van der Waals surface area contributed by atoms with Crippen LogP contribution in [-0.2, 0) is 14.3 Å². The molecule has 0 aliphatic heterocycles. The highest BCUT2D eigenvalue weighted by molar-refractivity contribution is 6.01. The smallest absolute Gasteiger partial charge is 0.313 e. The zero-order chi connectivity index (χ0) is 14.5. The topological polar surface area (TPSA) is 43.4 Å². The first-order valence-electron chi connectivity index (χ1n) is 6.79. The number of Topliss-reactive ketones (excluding diaryl/α,β-unsaturated/α-hetero) is 1. The fourth-order valence-corrected chi connectivity index (χ4v) is 2.31. The lowest BCUT2D eigenvalue weighted by Gasteiger charge is -2.13. The summed E-state index contributed by atoms with van der Waals surface area (Å²) in [5.74, 6) is -0.880. The third-order valence-electron chi connectivity index (χ3n) is 3.40. The lowest BCUT2D eigenvalue weighted by molar-refractivity contribution is -0.145. The molecular formula is C17H18O3. The zero-order valence-electron chi connectivity index (χ0n) is 11.8. The van der Waals surface area contributed by atoms with E-state index < -0.39 is 5.97 Å². The average molecular weight is 270 g/mol. The largest absolute Gasteiger partial charge is 0.466 e. The number of hydrogen-bond acceptors (Lipinski definition) is 3. The van der Waals surface area contributed by atoms with Gasteiger partial charge in [0.25, 0.3) is 0 Å². The molecule has 0 heterocycles. The van der Waals surface area contributed by atoms with Gasteiger partial charge in [-0.2, -0.15) is 0 Å². The summed E-state index contributed by atoms with van der Waals surface area (Å²) in [4.78, 5) is 23.6. The molecule has 1 atom stereocenters. The number of rotatable bonds is 5. The van der Waals surface area contributed by atoms with Gasteiger partial charge in [-0.05, 0) is 23.3 Å². The molecule has 0 radical (unpaired) electrons. The molecule has 3 heteroatoms. The molecule has 2 aromatic carbocycles. The Kier molecular flexibility index (Phi) is 4.51. The molecule has 0 saturated carbocycles. The number of carbonyl (C=O) groups is 2. The summed E-state index contributed by atoms with van der Waals surface area (Å²) in [6, 6.07) is 13.8. The van der Waals surface area contributed by atoms with Crippen molar-refractivity contribution in [3.8, 4) is 0 Å². The van der Waals surface area contributed by atoms with Crippen LogP contribution in [0, 0.1) is 0 Å². The van der Waals surface area contributed by atoms with Crippen molar-refractivity contribution in [1.29, 1.82) is 0 Å². The van der Waals surface area contributed by atoms with E-state index in [0.29, 0.717) is 6.61 Å². The SMILES string of the molecule is CCOC(=O)CC(=O)[C@@H](C)c1cccc2ccccc12. The second-order valence-electron chi connectivity index (χ2n) is 4.74. The van der Waals surface area contributed by atoms with E-state index in [9.17, 15) is 9.59 Å². The summed E-state index contributed by atoms with van der Waals surface area (Å²) in [5, 5.41) is 2.15. The van der Waals surface area contributed by atoms with Gasteiger partial charge in [-0.1, -0.05) is 49.4 Å². The van der Waals surface area contributed by atoms with E-state index in [1.165, 1.54) is 0 Å². The quantitative estimate of drug-likeness (QED) is 0.617. The van der Waals surface area contributed by atoms with Gasteiger partial charge >= 0.3 is 5.97 Å². The lowest BCUT2D eigenvalue weighted by atomic mass is 9.90. The van der Waals surface area contributed by atoms with Crippen molar-refractivity contribution in [3.05, 3.63) is 48.0 Å². The first-order chi connectivity index (χ1) is 9.63. The molecule has 0 aliphatic rings. The lowest BCUT2D eigenvalue weighted by Crippen LogP contribution is -2.16. The second-order valence-corrected chi connectivity index (χ2v) is 4.74. The van der Waals surface area contributed by atoms with Crippen LogP contribution < -0.4 is 0 Å². The number of hydrogen-bond donors (Lipinski definition) is 0. The maximum absolute atomic E-state index is 12.2. The third-order valence-corrected chi connectivity index (χ3v) is 3.40. The van der Waals surface area contributed by atoms with Gasteiger partial charge in [0.2, 0.25) is 0 Å². The average Bonchev–Trinajstić information content (AvgIpc) is 2.46. The first-order valence-corrected chi connectivity index (χ1v) is 6.79. The number of fused-ring (bicyclic) bond motifs is 1. The Labute approximate surface area is 118 Å². The molecule has 0 aliphatic carbocycles. The van der Waals surface area contributed by atoms with Crippen LogP contribution in [0.3, 0.4) is 0 Å². The molecule has 3 nitrogen and oxygen atoms in total. The van der Waals surface area contributed by atoms with Crippen LogP contribution in [0.15, 0.2) is 42.5 Å². The van der Waals surface area contributed by atoms with E-state index in [4.69, 9.17) is 4.74 Å². The molecule has 0 bridgehead atoms. The monoisotopic (exact) mass is 270 g/mol. The van der Waals surface area contributed by atoms with Crippen molar-refractivity contribution in [2.75, 3.05) is 6.61 Å². The summed E-state index contributed by atoms with van der Waals surface area (Å²) in [7, 11) is 0. The van der Waals surface area contributed by atoms with E-state index >= 15 is 0 Å². The maximum Gasteiger partial charge on any atom is 0.313 e. The van der Waals surface area contributed by atoms with Crippen molar-refractivity contribution < 1.29 is 14.3 Å². The van der Waals surface area contributed by atoms with Gasteiger partial charge in [-0.15, -0.1) is 0 Å². The summed E-state index contributed by atoms with van der Waals surface area (Å²) < 4.78 is 4.83. The van der Waals surface area contributed by atoms with Crippen LogP contribution in [0.1, 0.15) is 31.7 Å². The highest BCUT2D eigenvalue weighted by Gasteiger charge is 2.20. The van der Waals surface area contributed by atoms with Gasteiger partial charge in [0, 0.05) is 5.92 Å². The third kappa shape index (κ3) is 3.05. The van der Waals surface area contributed by atoms with Gasteiger partial charge in [-0.3, -0.25) is 9.59 Å². The van der Waals surface area contributed by atoms with Crippen molar-refractivity contribution in [2.45, 2.75) is 26.2 Å². The van der Waals surface area contributed by atoms with Crippen molar-refractivity contribution in [3.63, 3.8) is 0 Å². The molecule has 0 spiro atoms. The molecule has 2 rings (SSSR count). The molecule has 20 heavy (non-hydrogen) atoms. The number of ether oxygens (including phenoxy) is 1. The highest BCUT2D eigenvalue weighted by atomic mass is 16.5. The molecule has 0 N–H and O–H groups in total. The fourth-order valence-electron chi connectivity index (χ4n) is 2.31. The first kappa shape index (κ1) is 14.3. The van der Waals surface area contributed by atoms with Gasteiger partial charge in [0.15, 0.2) is 5.78 Å². The predicted octanol–water partition coefficient (Wildman–Crippen LogP) is 3.47. The number of carbonyl (C=O) groups excluding carboxylic acids is 2. The Morgan fingerprint density at radius 2 is 1.80 bits per heavy atom. The summed E-state index contributed by atoms with van der Waals surface area (Å²) in [6.07, 6.45) is -0.168. The van der Waals surface area contributed by atoms with Crippen LogP contribution in [0.2, 0.25) is 0 Å². The Bertz CT molecular complexity index is 626.